The van der Waals surface area contributed by atoms with Gasteiger partial charge in [0.25, 0.3) is 10.0 Å². The van der Waals surface area contributed by atoms with E-state index in [4.69, 9.17) is 16.3 Å². The predicted octanol–water partition coefficient (Wildman–Crippen LogP) is 4.73. The van der Waals surface area contributed by atoms with Gasteiger partial charge in [0.2, 0.25) is 5.91 Å². The zero-order chi connectivity index (χ0) is 24.6. The van der Waals surface area contributed by atoms with Gasteiger partial charge in [0.15, 0.2) is 0 Å². The second-order valence-corrected chi connectivity index (χ2v) is 10.5. The average Bonchev–Trinajstić information content (AvgIpc) is 2.84. The Morgan fingerprint density at radius 2 is 1.74 bits per heavy atom. The van der Waals surface area contributed by atoms with Crippen LogP contribution in [0.4, 0.5) is 10.1 Å². The van der Waals surface area contributed by atoms with Crippen LogP contribution >= 0.6 is 23.4 Å². The second-order valence-electron chi connectivity index (χ2n) is 7.13. The van der Waals surface area contributed by atoms with Crippen molar-refractivity contribution in [1.82, 2.24) is 5.32 Å². The van der Waals surface area contributed by atoms with Crippen molar-refractivity contribution in [3.05, 3.63) is 89.2 Å². The Morgan fingerprint density at radius 1 is 1.06 bits per heavy atom. The number of hydrogen-bond donors (Lipinski definition) is 1. The molecule has 0 aliphatic rings. The van der Waals surface area contributed by atoms with Crippen LogP contribution in [-0.2, 0) is 20.6 Å². The summed E-state index contributed by atoms with van der Waals surface area (Å²) in [5.41, 5.74) is 0.790. The van der Waals surface area contributed by atoms with Gasteiger partial charge in [-0.05, 0) is 48.0 Å². The van der Waals surface area contributed by atoms with E-state index in [0.717, 1.165) is 15.9 Å². The second kappa shape index (κ2) is 12.1. The molecule has 180 valence electrons. The molecular weight excluding hydrogens is 499 g/mol. The highest BCUT2D eigenvalue weighted by atomic mass is 35.5. The van der Waals surface area contributed by atoms with Crippen LogP contribution in [0.15, 0.2) is 77.7 Å². The van der Waals surface area contributed by atoms with Gasteiger partial charge in [-0.2, -0.15) is 11.8 Å². The molecule has 0 saturated carbocycles. The number of anilines is 1. The summed E-state index contributed by atoms with van der Waals surface area (Å²) < 4.78 is 47.0. The lowest BCUT2D eigenvalue weighted by Gasteiger charge is -2.24. The number of hydrogen-bond acceptors (Lipinski definition) is 5. The molecule has 0 spiro atoms. The maximum atomic E-state index is 14.5. The van der Waals surface area contributed by atoms with E-state index in [2.05, 4.69) is 5.32 Å². The van der Waals surface area contributed by atoms with Gasteiger partial charge in [-0.15, -0.1) is 0 Å². The number of nitrogens with zero attached hydrogens (tertiary/aromatic N) is 1. The van der Waals surface area contributed by atoms with Gasteiger partial charge in [0.05, 0.1) is 17.7 Å². The van der Waals surface area contributed by atoms with Gasteiger partial charge >= 0.3 is 0 Å². The van der Waals surface area contributed by atoms with E-state index < -0.39 is 28.3 Å². The van der Waals surface area contributed by atoms with Crippen molar-refractivity contribution in [2.45, 2.75) is 10.6 Å². The van der Waals surface area contributed by atoms with E-state index in [9.17, 15) is 17.6 Å². The Bertz CT molecular complexity index is 1220. The minimum Gasteiger partial charge on any atom is -0.497 e. The Hall–Kier alpha value is -2.75. The first-order chi connectivity index (χ1) is 16.3. The van der Waals surface area contributed by atoms with E-state index >= 15 is 0 Å². The number of thioether (sulfide) groups is 1. The number of methoxy groups -OCH3 is 1. The number of nitrogens with one attached hydrogen (secondary N) is 1. The summed E-state index contributed by atoms with van der Waals surface area (Å²) in [6.07, 6.45) is 0. The Labute approximate surface area is 208 Å². The first-order valence-electron chi connectivity index (χ1n) is 10.3. The summed E-state index contributed by atoms with van der Waals surface area (Å²) in [4.78, 5) is 12.5. The van der Waals surface area contributed by atoms with Gasteiger partial charge in [-0.1, -0.05) is 41.9 Å². The lowest BCUT2D eigenvalue weighted by atomic mass is 10.2. The third kappa shape index (κ3) is 6.65. The standard InChI is InChI=1S/C24H24ClFN2O4S2/c1-32-19-10-12-20(13-11-19)34(30,31)28(23-9-5-4-8-22(23)26)16-24(29)27-14-15-33-17-18-6-2-3-7-21(18)25/h2-13H,14-17H2,1H3,(H,27,29). The number of sulfonamides is 1. The van der Waals surface area contributed by atoms with E-state index in [0.29, 0.717) is 28.8 Å². The Morgan fingerprint density at radius 3 is 2.41 bits per heavy atom. The molecule has 0 radical (unpaired) electrons. The van der Waals surface area contributed by atoms with Crippen molar-refractivity contribution in [2.75, 3.05) is 30.3 Å². The van der Waals surface area contributed by atoms with Crippen LogP contribution in [0.25, 0.3) is 0 Å². The van der Waals surface area contributed by atoms with Crippen LogP contribution in [0.1, 0.15) is 5.56 Å². The smallest absolute Gasteiger partial charge is 0.264 e. The number of carbonyl (C=O) groups excluding carboxylic acids is 1. The number of benzene rings is 3. The van der Waals surface area contributed by atoms with Gasteiger partial charge in [-0.3, -0.25) is 9.10 Å². The van der Waals surface area contributed by atoms with Crippen LogP contribution in [-0.4, -0.2) is 40.3 Å². The number of para-hydroxylation sites is 1. The third-order valence-corrected chi connectivity index (χ3v) is 7.99. The molecular formula is C24H24ClFN2O4S2. The highest BCUT2D eigenvalue weighted by Gasteiger charge is 2.29. The summed E-state index contributed by atoms with van der Waals surface area (Å²) in [5, 5.41) is 3.39. The fraction of sp³-hybridized carbons (Fsp3) is 0.208. The minimum absolute atomic E-state index is 0.0837. The molecule has 6 nitrogen and oxygen atoms in total. The number of ether oxygens (including phenoxy) is 1. The van der Waals surface area contributed by atoms with Crippen LogP contribution < -0.4 is 14.4 Å². The fourth-order valence-electron chi connectivity index (χ4n) is 3.08. The van der Waals surface area contributed by atoms with Gasteiger partial charge < -0.3 is 10.1 Å². The first-order valence-corrected chi connectivity index (χ1v) is 13.3. The topological polar surface area (TPSA) is 75.7 Å². The largest absolute Gasteiger partial charge is 0.497 e. The molecule has 0 saturated heterocycles. The lowest BCUT2D eigenvalue weighted by molar-refractivity contribution is -0.119. The molecule has 1 N–H and O–H groups in total. The van der Waals surface area contributed by atoms with Crippen molar-refractivity contribution in [3.8, 4) is 5.75 Å². The van der Waals surface area contributed by atoms with Gasteiger partial charge in [0, 0.05) is 23.1 Å². The minimum atomic E-state index is -4.22. The van der Waals surface area contributed by atoms with Crippen molar-refractivity contribution in [3.63, 3.8) is 0 Å². The maximum Gasteiger partial charge on any atom is 0.264 e. The van der Waals surface area contributed by atoms with E-state index in [1.54, 1.807) is 11.8 Å². The van der Waals surface area contributed by atoms with Crippen LogP contribution in [0.2, 0.25) is 5.02 Å². The third-order valence-electron chi connectivity index (χ3n) is 4.84. The van der Waals surface area contributed by atoms with Gasteiger partial charge in [-0.25, -0.2) is 12.8 Å². The van der Waals surface area contributed by atoms with Crippen molar-refractivity contribution in [1.29, 1.82) is 0 Å². The van der Waals surface area contributed by atoms with Crippen LogP contribution in [0.5, 0.6) is 5.75 Å². The molecule has 0 aliphatic heterocycles. The molecule has 34 heavy (non-hydrogen) atoms. The Kier molecular flexibility index (Phi) is 9.20. The normalized spacial score (nSPS) is 11.1. The quantitative estimate of drug-likeness (QED) is 0.368. The monoisotopic (exact) mass is 522 g/mol. The molecule has 10 heteroatoms. The van der Waals surface area contributed by atoms with E-state index in [1.165, 1.54) is 49.6 Å². The number of halogens is 2. The van der Waals surface area contributed by atoms with E-state index in [1.807, 2.05) is 24.3 Å². The fourth-order valence-corrected chi connectivity index (χ4v) is 5.65. The molecule has 0 aromatic heterocycles. The molecule has 0 aliphatic carbocycles. The summed E-state index contributed by atoms with van der Waals surface area (Å²) in [6, 6.07) is 18.6. The summed E-state index contributed by atoms with van der Waals surface area (Å²) in [7, 11) is -2.75. The molecule has 0 heterocycles. The zero-order valence-corrected chi connectivity index (χ0v) is 20.8. The van der Waals surface area contributed by atoms with Crippen molar-refractivity contribution in [2.24, 2.45) is 0 Å². The SMILES string of the molecule is COc1ccc(S(=O)(=O)N(CC(=O)NCCSCc2ccccc2Cl)c2ccccc2F)cc1. The predicted molar refractivity (Wildman–Crippen MR) is 135 cm³/mol. The van der Waals surface area contributed by atoms with Crippen LogP contribution in [0.3, 0.4) is 0 Å². The average molecular weight is 523 g/mol. The molecule has 3 aromatic carbocycles. The van der Waals surface area contributed by atoms with E-state index in [-0.39, 0.29) is 10.6 Å². The Balaban J connectivity index is 1.67. The van der Waals surface area contributed by atoms with Crippen molar-refractivity contribution < 1.29 is 22.3 Å². The number of carbonyl (C=O) groups is 1. The molecule has 0 unspecified atom stereocenters. The molecule has 0 atom stereocenters. The van der Waals surface area contributed by atoms with Gasteiger partial charge in [0.1, 0.15) is 18.1 Å². The number of rotatable bonds is 11. The highest BCUT2D eigenvalue weighted by molar-refractivity contribution is 7.98. The highest BCUT2D eigenvalue weighted by Crippen LogP contribution is 2.27. The molecule has 0 bridgehead atoms. The first kappa shape index (κ1) is 25.9. The number of amides is 1. The van der Waals surface area contributed by atoms with Crippen molar-refractivity contribution >= 4 is 45.0 Å². The zero-order valence-electron chi connectivity index (χ0n) is 18.4. The molecule has 3 aromatic rings. The van der Waals surface area contributed by atoms with Crippen LogP contribution in [0, 0.1) is 5.82 Å². The summed E-state index contributed by atoms with van der Waals surface area (Å²) in [5.74, 6) is 0.467. The molecule has 3 rings (SSSR count). The molecule has 0 fully saturated rings. The maximum absolute atomic E-state index is 14.5. The summed E-state index contributed by atoms with van der Waals surface area (Å²) >= 11 is 7.73. The lowest BCUT2D eigenvalue weighted by Crippen LogP contribution is -2.41. The molecule has 1 amide bonds. The summed E-state index contributed by atoms with van der Waals surface area (Å²) in [6.45, 7) is -0.244.